The van der Waals surface area contributed by atoms with Crippen LogP contribution in [0.4, 0.5) is 4.79 Å². The van der Waals surface area contributed by atoms with Crippen molar-refractivity contribution in [2.75, 3.05) is 0 Å². The van der Waals surface area contributed by atoms with Gasteiger partial charge in [-0.1, -0.05) is 36.4 Å². The number of nitrogens with zero attached hydrogens (tertiary/aromatic N) is 2. The molecule has 1 atom stereocenters. The van der Waals surface area contributed by atoms with Gasteiger partial charge in [-0.2, -0.15) is 0 Å². The van der Waals surface area contributed by atoms with Gasteiger partial charge >= 0.3 is 12.1 Å². The number of nitrogens with one attached hydrogen (secondary N) is 1. The number of carbonyl (C=O) groups excluding carboxylic acids is 2. The maximum Gasteiger partial charge on any atom is 0.408 e. The normalized spacial score (nSPS) is 11.6. The van der Waals surface area contributed by atoms with E-state index >= 15 is 0 Å². The lowest BCUT2D eigenvalue weighted by Crippen LogP contribution is -2.39. The van der Waals surface area contributed by atoms with Crippen LogP contribution in [0.3, 0.4) is 0 Å². The summed E-state index contributed by atoms with van der Waals surface area (Å²) in [6, 6.07) is 14.7. The first-order chi connectivity index (χ1) is 13.5. The van der Waals surface area contributed by atoms with Gasteiger partial charge in [-0.25, -0.2) is 14.6 Å². The van der Waals surface area contributed by atoms with E-state index in [4.69, 9.17) is 9.47 Å². The topological polar surface area (TPSA) is 99.0 Å². The Morgan fingerprint density at radius 3 is 2.61 bits per heavy atom. The number of aromatic nitrogens is 2. The van der Waals surface area contributed by atoms with Crippen molar-refractivity contribution < 1.29 is 19.1 Å². The predicted octanol–water partition coefficient (Wildman–Crippen LogP) is 2.05. The molecule has 1 amide bonds. The van der Waals surface area contributed by atoms with Crippen LogP contribution in [0.1, 0.15) is 18.2 Å². The number of hydrogen-bond donors (Lipinski definition) is 1. The van der Waals surface area contributed by atoms with Gasteiger partial charge in [0, 0.05) is 12.3 Å². The molecule has 3 rings (SSSR count). The van der Waals surface area contributed by atoms with E-state index in [1.807, 2.05) is 30.3 Å². The third-order valence-corrected chi connectivity index (χ3v) is 3.89. The summed E-state index contributed by atoms with van der Waals surface area (Å²) in [7, 11) is 0. The molecule has 0 aliphatic rings. The van der Waals surface area contributed by atoms with E-state index in [-0.39, 0.29) is 18.8 Å². The Balaban J connectivity index is 1.50. The Labute approximate surface area is 160 Å². The third-order valence-electron chi connectivity index (χ3n) is 3.89. The van der Waals surface area contributed by atoms with Crippen LogP contribution in [-0.2, 0) is 27.5 Å². The first-order valence-electron chi connectivity index (χ1n) is 8.64. The molecule has 0 spiro atoms. The summed E-state index contributed by atoms with van der Waals surface area (Å²) < 4.78 is 11.6. The molecule has 1 aromatic carbocycles. The van der Waals surface area contributed by atoms with Crippen LogP contribution in [0, 0.1) is 0 Å². The number of hydrogen-bond acceptors (Lipinski definition) is 6. The van der Waals surface area contributed by atoms with Crippen LogP contribution in [0.15, 0.2) is 65.6 Å². The molecular formula is C20H19N3O5. The summed E-state index contributed by atoms with van der Waals surface area (Å²) in [6.07, 6.45) is 0.878. The Bertz CT molecular complexity index is 1030. The number of fused-ring (bicyclic) bond motifs is 1. The fourth-order valence-corrected chi connectivity index (χ4v) is 2.45. The second kappa shape index (κ2) is 8.81. The molecule has 0 aliphatic heterocycles. The van der Waals surface area contributed by atoms with Crippen LogP contribution in [0.2, 0.25) is 0 Å². The Kier molecular flexibility index (Phi) is 6.01. The highest BCUT2D eigenvalue weighted by molar-refractivity contribution is 5.80. The summed E-state index contributed by atoms with van der Waals surface area (Å²) in [4.78, 5) is 40.2. The van der Waals surface area contributed by atoms with Crippen molar-refractivity contribution >= 4 is 17.7 Å². The summed E-state index contributed by atoms with van der Waals surface area (Å²) in [5.74, 6) is -0.660. The Hall–Kier alpha value is -3.68. The quantitative estimate of drug-likeness (QED) is 0.656. The minimum absolute atomic E-state index is 0.0966. The van der Waals surface area contributed by atoms with Crippen LogP contribution < -0.4 is 10.9 Å². The lowest BCUT2D eigenvalue weighted by atomic mass is 10.2. The van der Waals surface area contributed by atoms with Crippen molar-refractivity contribution in [2.45, 2.75) is 26.2 Å². The fourth-order valence-electron chi connectivity index (χ4n) is 2.45. The lowest BCUT2D eigenvalue weighted by Gasteiger charge is -2.13. The number of esters is 1. The maximum atomic E-state index is 12.1. The van der Waals surface area contributed by atoms with Crippen molar-refractivity contribution in [1.82, 2.24) is 14.7 Å². The van der Waals surface area contributed by atoms with E-state index in [2.05, 4.69) is 10.3 Å². The molecule has 0 radical (unpaired) electrons. The molecule has 0 aliphatic carbocycles. The molecule has 0 saturated heterocycles. The molecule has 0 fully saturated rings. The molecule has 28 heavy (non-hydrogen) atoms. The Morgan fingerprint density at radius 2 is 1.82 bits per heavy atom. The van der Waals surface area contributed by atoms with E-state index in [1.54, 1.807) is 24.4 Å². The number of pyridine rings is 1. The Morgan fingerprint density at radius 1 is 1.07 bits per heavy atom. The molecule has 144 valence electrons. The number of benzene rings is 1. The van der Waals surface area contributed by atoms with Gasteiger partial charge < -0.3 is 14.8 Å². The van der Waals surface area contributed by atoms with Crippen molar-refractivity contribution in [1.29, 1.82) is 0 Å². The van der Waals surface area contributed by atoms with E-state index < -0.39 is 18.1 Å². The predicted molar refractivity (Wildman–Crippen MR) is 100 cm³/mol. The highest BCUT2D eigenvalue weighted by Crippen LogP contribution is 2.03. The minimum Gasteiger partial charge on any atom is -0.458 e. The summed E-state index contributed by atoms with van der Waals surface area (Å²) in [6.45, 7) is 1.40. The minimum atomic E-state index is -0.912. The number of alkyl carbamates (subject to hydrolysis) is 1. The van der Waals surface area contributed by atoms with Crippen LogP contribution in [0.25, 0.3) is 5.65 Å². The first-order valence-corrected chi connectivity index (χ1v) is 8.64. The van der Waals surface area contributed by atoms with Gasteiger partial charge in [-0.3, -0.25) is 9.20 Å². The first kappa shape index (κ1) is 19.1. The van der Waals surface area contributed by atoms with Gasteiger partial charge in [0.1, 0.15) is 24.9 Å². The zero-order valence-corrected chi connectivity index (χ0v) is 15.2. The van der Waals surface area contributed by atoms with Gasteiger partial charge in [0.05, 0.1) is 5.69 Å². The molecule has 1 unspecified atom stereocenters. The molecule has 2 aromatic heterocycles. The number of carbonyl (C=O) groups is 2. The van der Waals surface area contributed by atoms with Gasteiger partial charge in [0.2, 0.25) is 0 Å². The summed E-state index contributed by atoms with van der Waals surface area (Å²) in [5, 5.41) is 2.41. The number of ether oxygens (including phenoxy) is 2. The van der Waals surface area contributed by atoms with Crippen molar-refractivity contribution in [3.05, 3.63) is 82.4 Å². The van der Waals surface area contributed by atoms with E-state index in [0.717, 1.165) is 5.56 Å². The zero-order valence-electron chi connectivity index (χ0n) is 15.2. The lowest BCUT2D eigenvalue weighted by molar-refractivity contribution is -0.147. The molecular weight excluding hydrogens is 362 g/mol. The monoisotopic (exact) mass is 381 g/mol. The average molecular weight is 381 g/mol. The average Bonchev–Trinajstić information content (AvgIpc) is 2.71. The van der Waals surface area contributed by atoms with E-state index in [1.165, 1.54) is 17.4 Å². The SMILES string of the molecule is CC(NC(=O)OCc1ccccc1)C(=O)OCc1cc(=O)n2ccccc2n1. The zero-order chi connectivity index (χ0) is 19.9. The fraction of sp³-hybridized carbons (Fsp3) is 0.200. The van der Waals surface area contributed by atoms with Crippen molar-refractivity contribution in [3.63, 3.8) is 0 Å². The van der Waals surface area contributed by atoms with E-state index in [0.29, 0.717) is 11.3 Å². The molecule has 0 saturated carbocycles. The summed E-state index contributed by atoms with van der Waals surface area (Å²) >= 11 is 0. The molecule has 0 bridgehead atoms. The molecule has 3 aromatic rings. The van der Waals surface area contributed by atoms with Crippen LogP contribution >= 0.6 is 0 Å². The number of amides is 1. The molecule has 8 nitrogen and oxygen atoms in total. The second-order valence-corrected chi connectivity index (χ2v) is 6.05. The van der Waals surface area contributed by atoms with E-state index in [9.17, 15) is 14.4 Å². The van der Waals surface area contributed by atoms with Gasteiger partial charge in [-0.15, -0.1) is 0 Å². The smallest absolute Gasteiger partial charge is 0.408 e. The largest absolute Gasteiger partial charge is 0.458 e. The summed E-state index contributed by atoms with van der Waals surface area (Å²) in [5.41, 5.74) is 1.34. The van der Waals surface area contributed by atoms with Gasteiger partial charge in [-0.05, 0) is 24.6 Å². The molecule has 1 N–H and O–H groups in total. The van der Waals surface area contributed by atoms with Crippen LogP contribution in [0.5, 0.6) is 0 Å². The highest BCUT2D eigenvalue weighted by Gasteiger charge is 2.18. The van der Waals surface area contributed by atoms with Gasteiger partial charge in [0.25, 0.3) is 5.56 Å². The molecule has 8 heteroatoms. The molecule has 2 heterocycles. The second-order valence-electron chi connectivity index (χ2n) is 6.05. The number of rotatable bonds is 6. The van der Waals surface area contributed by atoms with Crippen LogP contribution in [-0.4, -0.2) is 27.5 Å². The van der Waals surface area contributed by atoms with Crippen molar-refractivity contribution in [2.24, 2.45) is 0 Å². The van der Waals surface area contributed by atoms with Gasteiger partial charge in [0.15, 0.2) is 0 Å². The van der Waals surface area contributed by atoms with Crippen molar-refractivity contribution in [3.8, 4) is 0 Å². The third kappa shape index (κ3) is 4.94. The highest BCUT2D eigenvalue weighted by atomic mass is 16.6. The maximum absolute atomic E-state index is 12.1. The standard InChI is InChI=1S/C20H19N3O5/c1-14(21-20(26)28-12-15-7-3-2-4-8-15)19(25)27-13-16-11-18(24)23-10-6-5-9-17(23)22-16/h2-11,14H,12-13H2,1H3,(H,21,26).